The molecule has 4 aromatic rings. The van der Waals surface area contributed by atoms with Gasteiger partial charge in [-0.3, -0.25) is 9.67 Å². The molecule has 3 aromatic heterocycles. The lowest BCUT2D eigenvalue weighted by atomic mass is 10.1. The monoisotopic (exact) mass is 341 g/mol. The summed E-state index contributed by atoms with van der Waals surface area (Å²) < 4.78 is 1.84. The summed E-state index contributed by atoms with van der Waals surface area (Å²) in [6, 6.07) is 9.74. The van der Waals surface area contributed by atoms with E-state index in [2.05, 4.69) is 20.4 Å². The molecule has 0 amide bonds. The van der Waals surface area contributed by atoms with Crippen molar-refractivity contribution in [1.82, 2.24) is 19.7 Å². The van der Waals surface area contributed by atoms with E-state index in [9.17, 15) is 0 Å². The van der Waals surface area contributed by atoms with E-state index in [0.29, 0.717) is 5.02 Å². The van der Waals surface area contributed by atoms with Gasteiger partial charge in [-0.1, -0.05) is 17.7 Å². The van der Waals surface area contributed by atoms with E-state index in [1.54, 1.807) is 12.4 Å². The number of aryl methyl sites for hydroxylation is 1. The number of fused-ring (bicyclic) bond motifs is 1. The SMILES string of the molecule is Cn1nc(Nc2nccs2)c2cc(-c3ncccc3Cl)ccc21. The van der Waals surface area contributed by atoms with Crippen LogP contribution in [0.5, 0.6) is 0 Å². The lowest BCUT2D eigenvalue weighted by molar-refractivity contribution is 0.801. The lowest BCUT2D eigenvalue weighted by Gasteiger charge is -2.04. The Labute approximate surface area is 141 Å². The van der Waals surface area contributed by atoms with Gasteiger partial charge in [0.1, 0.15) is 0 Å². The molecule has 0 saturated carbocycles. The van der Waals surface area contributed by atoms with E-state index in [1.807, 2.05) is 47.4 Å². The highest BCUT2D eigenvalue weighted by molar-refractivity contribution is 7.13. The molecule has 0 bridgehead atoms. The minimum atomic E-state index is 0.630. The molecule has 1 aromatic carbocycles. The predicted molar refractivity (Wildman–Crippen MR) is 94.4 cm³/mol. The number of nitrogens with one attached hydrogen (secondary N) is 1. The maximum absolute atomic E-state index is 6.26. The largest absolute Gasteiger partial charge is 0.314 e. The average molecular weight is 342 g/mol. The molecule has 0 aliphatic carbocycles. The van der Waals surface area contributed by atoms with E-state index in [0.717, 1.165) is 33.1 Å². The van der Waals surface area contributed by atoms with Crippen LogP contribution in [0.3, 0.4) is 0 Å². The Morgan fingerprint density at radius 1 is 1.17 bits per heavy atom. The number of pyridine rings is 1. The number of benzene rings is 1. The molecule has 0 unspecified atom stereocenters. The number of thiazole rings is 1. The third-order valence-corrected chi connectivity index (χ3v) is 4.53. The standard InChI is InChI=1S/C16H12ClN5S/c1-22-13-5-4-10(14-12(17)3-2-6-18-14)9-11(13)15(21-22)20-16-19-7-8-23-16/h2-9H,1H3,(H,19,20,21). The second-order valence-electron chi connectivity index (χ2n) is 5.00. The summed E-state index contributed by atoms with van der Waals surface area (Å²) in [6.07, 6.45) is 3.50. The Morgan fingerprint density at radius 3 is 2.87 bits per heavy atom. The molecular formula is C16H12ClN5S. The maximum atomic E-state index is 6.26. The lowest BCUT2D eigenvalue weighted by Crippen LogP contribution is -1.93. The molecule has 0 aliphatic rings. The Bertz CT molecular complexity index is 977. The van der Waals surface area contributed by atoms with Gasteiger partial charge in [-0.15, -0.1) is 11.3 Å². The van der Waals surface area contributed by atoms with Gasteiger partial charge >= 0.3 is 0 Å². The summed E-state index contributed by atoms with van der Waals surface area (Å²) in [5.41, 5.74) is 2.75. The first kappa shape index (κ1) is 14.2. The maximum Gasteiger partial charge on any atom is 0.188 e. The number of hydrogen-bond donors (Lipinski definition) is 1. The van der Waals surface area contributed by atoms with Gasteiger partial charge in [-0.2, -0.15) is 5.10 Å². The Morgan fingerprint density at radius 2 is 2.09 bits per heavy atom. The topological polar surface area (TPSA) is 55.6 Å². The molecule has 0 fully saturated rings. The van der Waals surface area contributed by atoms with Gasteiger partial charge in [0.05, 0.1) is 16.2 Å². The minimum absolute atomic E-state index is 0.630. The van der Waals surface area contributed by atoms with Crippen LogP contribution in [0.25, 0.3) is 22.2 Å². The molecule has 23 heavy (non-hydrogen) atoms. The fraction of sp³-hybridized carbons (Fsp3) is 0.0625. The number of anilines is 2. The molecule has 0 spiro atoms. The summed E-state index contributed by atoms with van der Waals surface area (Å²) in [5.74, 6) is 0.770. The van der Waals surface area contributed by atoms with Crippen molar-refractivity contribution in [2.45, 2.75) is 0 Å². The van der Waals surface area contributed by atoms with Crippen molar-refractivity contribution in [1.29, 1.82) is 0 Å². The zero-order chi connectivity index (χ0) is 15.8. The van der Waals surface area contributed by atoms with Gasteiger partial charge in [-0.25, -0.2) is 4.98 Å². The molecule has 114 valence electrons. The summed E-state index contributed by atoms with van der Waals surface area (Å²) in [6.45, 7) is 0. The van der Waals surface area contributed by atoms with Crippen molar-refractivity contribution in [2.24, 2.45) is 7.05 Å². The van der Waals surface area contributed by atoms with Gasteiger partial charge in [0.2, 0.25) is 0 Å². The summed E-state index contributed by atoms with van der Waals surface area (Å²) in [4.78, 5) is 8.62. The first-order valence-electron chi connectivity index (χ1n) is 6.96. The molecule has 3 heterocycles. The first-order valence-corrected chi connectivity index (χ1v) is 8.22. The molecular weight excluding hydrogens is 330 g/mol. The minimum Gasteiger partial charge on any atom is -0.314 e. The number of halogens is 1. The van der Waals surface area contributed by atoms with Gasteiger partial charge in [0.15, 0.2) is 10.9 Å². The van der Waals surface area contributed by atoms with Crippen LogP contribution >= 0.6 is 22.9 Å². The van der Waals surface area contributed by atoms with Crippen LogP contribution in [0.15, 0.2) is 48.1 Å². The number of rotatable bonds is 3. The number of hydrogen-bond acceptors (Lipinski definition) is 5. The normalized spacial score (nSPS) is 11.0. The molecule has 5 nitrogen and oxygen atoms in total. The van der Waals surface area contributed by atoms with Gasteiger partial charge in [-0.05, 0) is 24.3 Å². The molecule has 0 saturated heterocycles. The highest BCUT2D eigenvalue weighted by Gasteiger charge is 2.12. The fourth-order valence-corrected chi connectivity index (χ4v) is 3.25. The van der Waals surface area contributed by atoms with Crippen molar-refractivity contribution in [2.75, 3.05) is 5.32 Å². The van der Waals surface area contributed by atoms with Crippen LogP contribution in [-0.2, 0) is 7.05 Å². The van der Waals surface area contributed by atoms with E-state index in [4.69, 9.17) is 11.6 Å². The highest BCUT2D eigenvalue weighted by atomic mass is 35.5. The van der Waals surface area contributed by atoms with Crippen molar-refractivity contribution < 1.29 is 0 Å². The highest BCUT2D eigenvalue weighted by Crippen LogP contribution is 2.32. The van der Waals surface area contributed by atoms with Crippen LogP contribution in [0.2, 0.25) is 5.02 Å². The molecule has 1 N–H and O–H groups in total. The van der Waals surface area contributed by atoms with Crippen LogP contribution in [0.1, 0.15) is 0 Å². The molecule has 4 rings (SSSR count). The molecule has 0 radical (unpaired) electrons. The van der Waals surface area contributed by atoms with E-state index < -0.39 is 0 Å². The number of aromatic nitrogens is 4. The molecule has 0 aliphatic heterocycles. The third kappa shape index (κ3) is 2.56. The molecule has 7 heteroatoms. The van der Waals surface area contributed by atoms with Gasteiger partial charge < -0.3 is 5.32 Å². The van der Waals surface area contributed by atoms with Gasteiger partial charge in [0.25, 0.3) is 0 Å². The van der Waals surface area contributed by atoms with Crippen molar-refractivity contribution in [3.05, 3.63) is 53.1 Å². The van der Waals surface area contributed by atoms with Crippen LogP contribution in [-0.4, -0.2) is 19.7 Å². The Hall–Kier alpha value is -2.44. The average Bonchev–Trinajstić information content (AvgIpc) is 3.17. The Kier molecular flexibility index (Phi) is 3.48. The van der Waals surface area contributed by atoms with E-state index in [1.165, 1.54) is 11.3 Å². The summed E-state index contributed by atoms with van der Waals surface area (Å²) in [5, 5.41) is 12.2. The first-order chi connectivity index (χ1) is 11.2. The predicted octanol–water partition coefficient (Wildman–Crippen LogP) is 4.49. The van der Waals surface area contributed by atoms with Crippen LogP contribution in [0.4, 0.5) is 10.9 Å². The van der Waals surface area contributed by atoms with Crippen LogP contribution in [0, 0.1) is 0 Å². The zero-order valence-corrected chi connectivity index (χ0v) is 13.8. The van der Waals surface area contributed by atoms with Crippen molar-refractivity contribution in [3.63, 3.8) is 0 Å². The number of nitrogens with zero attached hydrogens (tertiary/aromatic N) is 4. The second-order valence-corrected chi connectivity index (χ2v) is 6.30. The van der Waals surface area contributed by atoms with E-state index in [-0.39, 0.29) is 0 Å². The van der Waals surface area contributed by atoms with Crippen LogP contribution < -0.4 is 5.32 Å². The second kappa shape index (κ2) is 5.64. The quantitative estimate of drug-likeness (QED) is 0.596. The van der Waals surface area contributed by atoms with Crippen molar-refractivity contribution >= 4 is 44.8 Å². The van der Waals surface area contributed by atoms with Crippen molar-refractivity contribution in [3.8, 4) is 11.3 Å². The fourth-order valence-electron chi connectivity index (χ4n) is 2.49. The smallest absolute Gasteiger partial charge is 0.188 e. The Balaban J connectivity index is 1.85. The summed E-state index contributed by atoms with van der Waals surface area (Å²) >= 11 is 7.80. The van der Waals surface area contributed by atoms with E-state index >= 15 is 0 Å². The third-order valence-electron chi connectivity index (χ3n) is 3.54. The summed E-state index contributed by atoms with van der Waals surface area (Å²) in [7, 11) is 1.92. The van der Waals surface area contributed by atoms with Gasteiger partial charge in [0, 0.05) is 35.8 Å². The zero-order valence-electron chi connectivity index (χ0n) is 12.2. The molecule has 0 atom stereocenters.